The van der Waals surface area contributed by atoms with Crippen LogP contribution in [-0.2, 0) is 4.79 Å². The van der Waals surface area contributed by atoms with E-state index < -0.39 is 0 Å². The number of benzene rings is 1. The van der Waals surface area contributed by atoms with Gasteiger partial charge >= 0.3 is 0 Å². The maximum absolute atomic E-state index is 12.4. The van der Waals surface area contributed by atoms with Crippen molar-refractivity contribution >= 4 is 5.91 Å². The van der Waals surface area contributed by atoms with E-state index in [1.165, 1.54) is 6.42 Å². The third-order valence-electron chi connectivity index (χ3n) is 4.29. The van der Waals surface area contributed by atoms with Gasteiger partial charge in [-0.3, -0.25) is 4.79 Å². The number of amides is 1. The van der Waals surface area contributed by atoms with E-state index >= 15 is 0 Å². The van der Waals surface area contributed by atoms with Gasteiger partial charge in [-0.15, -0.1) is 0 Å². The predicted octanol–water partition coefficient (Wildman–Crippen LogP) is 1.67. The molecule has 3 rings (SSSR count). The van der Waals surface area contributed by atoms with Crippen molar-refractivity contribution < 1.29 is 9.53 Å². The molecule has 2 heterocycles. The highest BCUT2D eigenvalue weighted by Gasteiger charge is 2.27. The number of rotatable bonds is 4. The molecule has 2 aliphatic rings. The van der Waals surface area contributed by atoms with Crippen molar-refractivity contribution in [2.24, 2.45) is 5.92 Å². The molecule has 2 aliphatic heterocycles. The number of hydrogen-bond acceptors (Lipinski definition) is 3. The van der Waals surface area contributed by atoms with E-state index in [1.807, 2.05) is 24.3 Å². The van der Waals surface area contributed by atoms with Crippen molar-refractivity contribution in [1.29, 1.82) is 0 Å². The van der Waals surface area contributed by atoms with Gasteiger partial charge in [-0.2, -0.15) is 0 Å². The van der Waals surface area contributed by atoms with Crippen molar-refractivity contribution in [3.05, 3.63) is 29.8 Å². The molecule has 0 aromatic heterocycles. The highest BCUT2D eigenvalue weighted by atomic mass is 16.5. The highest BCUT2D eigenvalue weighted by molar-refractivity contribution is 5.84. The fourth-order valence-corrected chi connectivity index (χ4v) is 3.10. The predicted molar refractivity (Wildman–Crippen MR) is 77.9 cm³/mol. The topological polar surface area (TPSA) is 50.4 Å². The van der Waals surface area contributed by atoms with Gasteiger partial charge in [0.15, 0.2) is 0 Å². The van der Waals surface area contributed by atoms with Gasteiger partial charge in [-0.1, -0.05) is 18.2 Å². The van der Waals surface area contributed by atoms with Crippen LogP contribution in [0.3, 0.4) is 0 Å². The normalized spacial score (nSPS) is 24.8. The zero-order valence-electron chi connectivity index (χ0n) is 11.7. The zero-order chi connectivity index (χ0) is 13.8. The Labute approximate surface area is 119 Å². The number of para-hydroxylation sites is 1. The number of nitrogens with one attached hydrogen (secondary N) is 2. The van der Waals surface area contributed by atoms with Gasteiger partial charge in [0, 0.05) is 12.1 Å². The van der Waals surface area contributed by atoms with Crippen LogP contribution < -0.4 is 15.4 Å². The van der Waals surface area contributed by atoms with Crippen LogP contribution in [0.4, 0.5) is 0 Å². The van der Waals surface area contributed by atoms with Gasteiger partial charge < -0.3 is 15.4 Å². The summed E-state index contributed by atoms with van der Waals surface area (Å²) in [4.78, 5) is 12.4. The maximum Gasteiger partial charge on any atom is 0.227 e. The molecule has 2 unspecified atom stereocenters. The van der Waals surface area contributed by atoms with Gasteiger partial charge in [0.25, 0.3) is 0 Å². The Kier molecular flexibility index (Phi) is 4.21. The average molecular weight is 274 g/mol. The van der Waals surface area contributed by atoms with Crippen molar-refractivity contribution in [3.8, 4) is 5.75 Å². The molecule has 0 bridgehead atoms. The Morgan fingerprint density at radius 2 is 2.25 bits per heavy atom. The second-order valence-corrected chi connectivity index (χ2v) is 5.67. The molecule has 108 valence electrons. The van der Waals surface area contributed by atoms with E-state index in [2.05, 4.69) is 10.6 Å². The van der Waals surface area contributed by atoms with E-state index in [1.54, 1.807) is 0 Å². The van der Waals surface area contributed by atoms with Crippen LogP contribution in [0.5, 0.6) is 5.75 Å². The lowest BCUT2D eigenvalue weighted by Gasteiger charge is -2.25. The second kappa shape index (κ2) is 6.27. The Balaban J connectivity index is 1.55. The summed E-state index contributed by atoms with van der Waals surface area (Å²) in [5.41, 5.74) is 1.03. The summed E-state index contributed by atoms with van der Waals surface area (Å²) in [6.07, 6.45) is 3.08. The summed E-state index contributed by atoms with van der Waals surface area (Å²) in [5.74, 6) is 1.67. The summed E-state index contributed by atoms with van der Waals surface area (Å²) in [5, 5.41) is 6.46. The number of ether oxygens (including phenoxy) is 1. The first-order valence-corrected chi connectivity index (χ1v) is 7.55. The van der Waals surface area contributed by atoms with E-state index in [4.69, 9.17) is 4.74 Å². The van der Waals surface area contributed by atoms with Crippen LogP contribution >= 0.6 is 0 Å². The molecule has 0 radical (unpaired) electrons. The lowest BCUT2D eigenvalue weighted by molar-refractivity contribution is -0.123. The van der Waals surface area contributed by atoms with Crippen molar-refractivity contribution in [1.82, 2.24) is 10.6 Å². The molecule has 1 amide bonds. The third kappa shape index (κ3) is 2.96. The summed E-state index contributed by atoms with van der Waals surface area (Å²) < 4.78 is 5.60. The van der Waals surface area contributed by atoms with Crippen molar-refractivity contribution in [3.63, 3.8) is 0 Å². The molecule has 20 heavy (non-hydrogen) atoms. The first-order valence-electron chi connectivity index (χ1n) is 7.55. The minimum Gasteiger partial charge on any atom is -0.493 e. The molecule has 1 aromatic carbocycles. The monoisotopic (exact) mass is 274 g/mol. The molecular weight excluding hydrogens is 252 g/mol. The third-order valence-corrected chi connectivity index (χ3v) is 4.29. The number of fused-ring (bicyclic) bond motifs is 1. The van der Waals surface area contributed by atoms with E-state index in [0.29, 0.717) is 6.61 Å². The SMILES string of the molecule is O=C(NCCC1CCNC1)C1CCOc2ccccc21. The standard InChI is InChI=1S/C16H22N2O2/c19-16(18-9-6-12-5-8-17-11-12)14-7-10-20-15-4-2-1-3-13(14)15/h1-4,12,14,17H,5-11H2,(H,18,19). The van der Waals surface area contributed by atoms with Crippen LogP contribution in [0.25, 0.3) is 0 Å². The molecule has 0 saturated carbocycles. The minimum atomic E-state index is -0.0540. The Hall–Kier alpha value is -1.55. The molecule has 0 spiro atoms. The molecule has 2 N–H and O–H groups in total. The van der Waals surface area contributed by atoms with Crippen LogP contribution in [0.15, 0.2) is 24.3 Å². The molecule has 2 atom stereocenters. The summed E-state index contributed by atoms with van der Waals surface area (Å²) in [7, 11) is 0. The highest BCUT2D eigenvalue weighted by Crippen LogP contribution is 2.33. The lowest BCUT2D eigenvalue weighted by Crippen LogP contribution is -2.33. The fraction of sp³-hybridized carbons (Fsp3) is 0.562. The van der Waals surface area contributed by atoms with Crippen molar-refractivity contribution in [2.45, 2.75) is 25.2 Å². The summed E-state index contributed by atoms with van der Waals surface area (Å²) in [6.45, 7) is 3.62. The number of carbonyl (C=O) groups is 1. The van der Waals surface area contributed by atoms with Gasteiger partial charge in [-0.05, 0) is 44.3 Å². The van der Waals surface area contributed by atoms with E-state index in [9.17, 15) is 4.79 Å². The van der Waals surface area contributed by atoms with Crippen LogP contribution in [0, 0.1) is 5.92 Å². The van der Waals surface area contributed by atoms with Crippen LogP contribution in [0.2, 0.25) is 0 Å². The largest absolute Gasteiger partial charge is 0.493 e. The maximum atomic E-state index is 12.4. The van der Waals surface area contributed by atoms with Gasteiger partial charge in [0.2, 0.25) is 5.91 Å². The molecule has 1 aromatic rings. The summed E-state index contributed by atoms with van der Waals surface area (Å²) in [6, 6.07) is 7.86. The minimum absolute atomic E-state index is 0.0540. The van der Waals surface area contributed by atoms with Gasteiger partial charge in [0.1, 0.15) is 5.75 Å². The number of hydrogen-bond donors (Lipinski definition) is 2. The Morgan fingerprint density at radius 3 is 3.10 bits per heavy atom. The Bertz CT molecular complexity index is 469. The lowest BCUT2D eigenvalue weighted by atomic mass is 9.92. The van der Waals surface area contributed by atoms with Gasteiger partial charge in [-0.25, -0.2) is 0 Å². The molecule has 1 fully saturated rings. The first-order chi connectivity index (χ1) is 9.84. The zero-order valence-corrected chi connectivity index (χ0v) is 11.7. The molecule has 4 nitrogen and oxygen atoms in total. The fourth-order valence-electron chi connectivity index (χ4n) is 3.10. The average Bonchev–Trinajstić information content (AvgIpc) is 3.00. The summed E-state index contributed by atoms with van der Waals surface area (Å²) >= 11 is 0. The number of carbonyl (C=O) groups excluding carboxylic acids is 1. The smallest absolute Gasteiger partial charge is 0.227 e. The van der Waals surface area contributed by atoms with Crippen molar-refractivity contribution in [2.75, 3.05) is 26.2 Å². The van der Waals surface area contributed by atoms with E-state index in [-0.39, 0.29) is 11.8 Å². The quantitative estimate of drug-likeness (QED) is 0.878. The first kappa shape index (κ1) is 13.4. The molecule has 4 heteroatoms. The van der Waals surface area contributed by atoms with Crippen LogP contribution in [-0.4, -0.2) is 32.1 Å². The van der Waals surface area contributed by atoms with E-state index in [0.717, 1.165) is 49.7 Å². The van der Waals surface area contributed by atoms with Crippen LogP contribution in [0.1, 0.15) is 30.7 Å². The second-order valence-electron chi connectivity index (χ2n) is 5.67. The molecule has 1 saturated heterocycles. The van der Waals surface area contributed by atoms with Gasteiger partial charge in [0.05, 0.1) is 12.5 Å². The Morgan fingerprint density at radius 1 is 1.35 bits per heavy atom. The molecule has 0 aliphatic carbocycles. The molecular formula is C16H22N2O2.